The molecular formula is C50H50N8O4S2. The average Bonchev–Trinajstić information content (AvgIpc) is 3.31. The summed E-state index contributed by atoms with van der Waals surface area (Å²) in [6, 6.07) is 43.1. The van der Waals surface area contributed by atoms with E-state index < -0.39 is 23.9 Å². The summed E-state index contributed by atoms with van der Waals surface area (Å²) in [6.45, 7) is 0.723. The van der Waals surface area contributed by atoms with Crippen LogP contribution in [0.4, 0.5) is 22.7 Å². The van der Waals surface area contributed by atoms with E-state index in [0.717, 1.165) is 32.7 Å². The first-order valence-corrected chi connectivity index (χ1v) is 22.8. The molecule has 14 heteroatoms. The number of amides is 4. The largest absolute Gasteiger partial charge is 0.330 e. The van der Waals surface area contributed by atoms with Gasteiger partial charge in [-0.25, -0.2) is 0 Å². The Balaban J connectivity index is 1.03. The van der Waals surface area contributed by atoms with E-state index in [1.807, 2.05) is 84.9 Å². The number of carbonyl (C=O) groups is 4. The second-order valence-electron chi connectivity index (χ2n) is 15.1. The highest BCUT2D eigenvalue weighted by Gasteiger charge is 2.22. The number of fused-ring (bicyclic) bond motifs is 2. The van der Waals surface area contributed by atoms with E-state index in [2.05, 4.69) is 21.3 Å². The Morgan fingerprint density at radius 1 is 0.438 bits per heavy atom. The van der Waals surface area contributed by atoms with Crippen LogP contribution in [0.15, 0.2) is 155 Å². The van der Waals surface area contributed by atoms with Crippen LogP contribution in [-0.4, -0.2) is 60.3 Å². The number of hydrogen-bond acceptors (Lipinski definition) is 10. The highest BCUT2D eigenvalue weighted by atomic mass is 32.2. The zero-order valence-corrected chi connectivity index (χ0v) is 36.6. The fourth-order valence-electron chi connectivity index (χ4n) is 7.17. The van der Waals surface area contributed by atoms with Crippen molar-refractivity contribution in [2.45, 2.75) is 34.7 Å². The molecule has 0 aliphatic carbocycles. The van der Waals surface area contributed by atoms with Crippen molar-refractivity contribution in [1.82, 2.24) is 0 Å². The van der Waals surface area contributed by atoms with E-state index in [1.165, 1.54) is 29.6 Å². The minimum Gasteiger partial charge on any atom is -0.330 e. The Morgan fingerprint density at radius 2 is 0.812 bits per heavy atom. The second kappa shape index (κ2) is 21.7. The van der Waals surface area contributed by atoms with Crippen molar-refractivity contribution in [1.29, 1.82) is 0 Å². The zero-order valence-electron chi connectivity index (χ0n) is 35.0. The van der Waals surface area contributed by atoms with Crippen LogP contribution < -0.4 is 44.2 Å². The first-order chi connectivity index (χ1) is 31.1. The van der Waals surface area contributed by atoms with Crippen LogP contribution in [0.2, 0.25) is 0 Å². The average molecular weight is 891 g/mol. The summed E-state index contributed by atoms with van der Waals surface area (Å²) >= 11 is 2.78. The summed E-state index contributed by atoms with van der Waals surface area (Å²) in [4.78, 5) is 55.7. The predicted molar refractivity (Wildman–Crippen MR) is 263 cm³/mol. The summed E-state index contributed by atoms with van der Waals surface area (Å²) in [6.07, 6.45) is 0.667. The van der Waals surface area contributed by atoms with Crippen LogP contribution in [0, 0.1) is 0 Å². The van der Waals surface area contributed by atoms with E-state index in [0.29, 0.717) is 70.0 Å². The number of benzene rings is 7. The van der Waals surface area contributed by atoms with Crippen molar-refractivity contribution in [3.63, 3.8) is 0 Å². The number of rotatable bonds is 18. The number of thioether (sulfide) groups is 2. The second-order valence-corrected chi connectivity index (χ2v) is 17.3. The SMILES string of the molecule is NCCSc1c(NC(=O)c2cccc(C(=O)Nc3cccc(NC(=O)[C@H](N)Cc4ccc5ccccc5c4)c3SCCN)c2)cccc1NC(=O)[C@H](N)Cc1ccc2ccccc2c1. The van der Waals surface area contributed by atoms with E-state index in [9.17, 15) is 19.2 Å². The molecule has 0 spiro atoms. The fourth-order valence-corrected chi connectivity index (χ4v) is 8.91. The summed E-state index contributed by atoms with van der Waals surface area (Å²) in [5.74, 6) is -0.646. The van der Waals surface area contributed by atoms with Gasteiger partial charge >= 0.3 is 0 Å². The first kappa shape index (κ1) is 45.5. The number of nitrogens with two attached hydrogens (primary N) is 4. The Bertz CT molecular complexity index is 2630. The molecule has 12 nitrogen and oxygen atoms in total. The van der Waals surface area contributed by atoms with E-state index in [1.54, 1.807) is 54.6 Å². The van der Waals surface area contributed by atoms with E-state index in [4.69, 9.17) is 22.9 Å². The lowest BCUT2D eigenvalue weighted by Crippen LogP contribution is -2.37. The number of anilines is 4. The van der Waals surface area contributed by atoms with Gasteiger partial charge in [-0.1, -0.05) is 103 Å². The van der Waals surface area contributed by atoms with Gasteiger partial charge in [-0.2, -0.15) is 0 Å². The van der Waals surface area contributed by atoms with Crippen LogP contribution in [0.5, 0.6) is 0 Å². The molecule has 7 aromatic rings. The lowest BCUT2D eigenvalue weighted by Gasteiger charge is -2.18. The van der Waals surface area contributed by atoms with Crippen molar-refractivity contribution in [3.05, 3.63) is 168 Å². The minimum absolute atomic E-state index is 0.230. The molecule has 0 bridgehead atoms. The van der Waals surface area contributed by atoms with Crippen LogP contribution in [-0.2, 0) is 22.4 Å². The third kappa shape index (κ3) is 11.5. The van der Waals surface area contributed by atoms with Gasteiger partial charge < -0.3 is 44.2 Å². The van der Waals surface area contributed by atoms with Gasteiger partial charge in [-0.3, -0.25) is 19.2 Å². The monoisotopic (exact) mass is 890 g/mol. The molecule has 0 heterocycles. The fraction of sp³-hybridized carbons (Fsp3) is 0.160. The highest BCUT2D eigenvalue weighted by molar-refractivity contribution is 7.99. The summed E-state index contributed by atoms with van der Waals surface area (Å²) in [5, 5.41) is 16.2. The van der Waals surface area contributed by atoms with Crippen LogP contribution in [0.3, 0.4) is 0 Å². The molecule has 12 N–H and O–H groups in total. The van der Waals surface area contributed by atoms with Crippen molar-refractivity contribution < 1.29 is 19.2 Å². The van der Waals surface area contributed by atoms with Gasteiger partial charge in [0.25, 0.3) is 11.8 Å². The van der Waals surface area contributed by atoms with Gasteiger partial charge in [0, 0.05) is 35.7 Å². The molecule has 64 heavy (non-hydrogen) atoms. The van der Waals surface area contributed by atoms with Gasteiger partial charge in [-0.05, 0) is 88.0 Å². The van der Waals surface area contributed by atoms with Gasteiger partial charge in [-0.15, -0.1) is 23.5 Å². The molecule has 326 valence electrons. The number of hydrogen-bond donors (Lipinski definition) is 8. The first-order valence-electron chi connectivity index (χ1n) is 20.8. The molecule has 0 saturated heterocycles. The normalized spacial score (nSPS) is 12.1. The van der Waals surface area contributed by atoms with Crippen molar-refractivity contribution in [2.24, 2.45) is 22.9 Å². The van der Waals surface area contributed by atoms with Crippen LogP contribution in [0.1, 0.15) is 31.8 Å². The maximum Gasteiger partial charge on any atom is 0.255 e. The summed E-state index contributed by atoms with van der Waals surface area (Å²) < 4.78 is 0. The van der Waals surface area contributed by atoms with Gasteiger partial charge in [0.15, 0.2) is 0 Å². The molecule has 0 aliphatic rings. The molecule has 7 rings (SSSR count). The molecule has 7 aromatic carbocycles. The highest BCUT2D eigenvalue weighted by Crippen LogP contribution is 2.36. The molecule has 0 unspecified atom stereocenters. The topological polar surface area (TPSA) is 220 Å². The molecule has 0 aromatic heterocycles. The van der Waals surface area contributed by atoms with E-state index >= 15 is 0 Å². The maximum atomic E-state index is 13.8. The number of nitrogens with one attached hydrogen (secondary N) is 4. The quantitative estimate of drug-likeness (QED) is 0.0394. The third-order valence-electron chi connectivity index (χ3n) is 10.4. The lowest BCUT2D eigenvalue weighted by atomic mass is 10.0. The van der Waals surface area contributed by atoms with Crippen molar-refractivity contribution in [2.75, 3.05) is 45.9 Å². The zero-order chi connectivity index (χ0) is 45.0. The maximum absolute atomic E-state index is 13.8. The van der Waals surface area contributed by atoms with Gasteiger partial charge in [0.1, 0.15) is 0 Å². The molecule has 0 saturated carbocycles. The van der Waals surface area contributed by atoms with Crippen LogP contribution >= 0.6 is 23.5 Å². The van der Waals surface area contributed by atoms with E-state index in [-0.39, 0.29) is 22.9 Å². The molecule has 0 radical (unpaired) electrons. The lowest BCUT2D eigenvalue weighted by molar-refractivity contribution is -0.118. The van der Waals surface area contributed by atoms with Crippen LogP contribution in [0.25, 0.3) is 21.5 Å². The molecule has 0 fully saturated rings. The molecule has 0 aliphatic heterocycles. The Labute approximate surface area is 380 Å². The third-order valence-corrected chi connectivity index (χ3v) is 12.7. The van der Waals surface area contributed by atoms with Gasteiger partial charge in [0.2, 0.25) is 11.8 Å². The molecule has 4 amide bonds. The standard InChI is InChI=1S/C50H50N8O4S2/c51-22-24-63-45-41(14-6-16-43(45)57-49(61)39(53)28-31-18-20-33-8-1-3-10-35(33)26-31)55-47(59)37-12-5-13-38(30-37)48(60)56-42-15-7-17-44(46(42)64-25-23-52)58-50(62)40(54)29-32-19-21-34-9-2-4-11-36(34)27-32/h1-21,26-27,30,39-40H,22-25,28-29,51-54H2,(H,55,59)(H,56,60)(H,57,61)(H,58,62)/t39-,40-/m1/s1. The Hall–Kier alpha value is -6.52. The predicted octanol–water partition coefficient (Wildman–Crippen LogP) is 7.62. The summed E-state index contributed by atoms with van der Waals surface area (Å²) in [7, 11) is 0. The van der Waals surface area contributed by atoms with Crippen molar-refractivity contribution in [3.8, 4) is 0 Å². The molecule has 2 atom stereocenters. The molecular weight excluding hydrogens is 841 g/mol. The smallest absolute Gasteiger partial charge is 0.255 e. The Morgan fingerprint density at radius 3 is 1.22 bits per heavy atom. The number of carbonyl (C=O) groups excluding carboxylic acids is 4. The minimum atomic E-state index is -0.831. The van der Waals surface area contributed by atoms with Gasteiger partial charge in [0.05, 0.1) is 44.6 Å². The summed E-state index contributed by atoms with van der Waals surface area (Å²) in [5.41, 5.74) is 28.8. The Kier molecular flexibility index (Phi) is 15.4. The van der Waals surface area contributed by atoms with Crippen molar-refractivity contribution >= 4 is 91.4 Å².